The summed E-state index contributed by atoms with van der Waals surface area (Å²) in [6.45, 7) is 4.67. The standard InChI is InChI=1S/C76H133NO8/c1-6-8-10-12-14-16-18-20-22-24-26-28-29-30-31-32-33-34-35-36-37-38-39-40-41-42-43-44-45-47-49-51-53-55-57-59-61-63-65-67-74(79)85-72(71-84-76(75(80)81)82-69-68-77(3,4)5)70-83-73(78)66-64-62-60-58-56-54-52-50-48-46-27-25-23-21-19-17-15-13-11-9-7-2/h8-11,14-17,20-23,26-28,46,72,76H,6-7,12-13,18-19,24-25,29-45,47-71H2,1-5H3/p+1/b10-8-,11-9-,16-14-,17-15-,22-20-,23-21-,28-26-,46-27-. The molecule has 1 N–H and O–H groups in total. The highest BCUT2D eigenvalue weighted by molar-refractivity contribution is 5.71. The van der Waals surface area contributed by atoms with Gasteiger partial charge >= 0.3 is 17.9 Å². The summed E-state index contributed by atoms with van der Waals surface area (Å²) in [5.74, 6) is -2.00. The second-order valence-electron chi connectivity index (χ2n) is 24.8. The topological polar surface area (TPSA) is 108 Å². The Hall–Kier alpha value is -3.79. The van der Waals surface area contributed by atoms with Crippen molar-refractivity contribution in [2.75, 3.05) is 47.5 Å². The van der Waals surface area contributed by atoms with E-state index in [1.165, 1.54) is 180 Å². The number of carboxylic acid groups (broad SMARTS) is 1. The molecule has 0 fully saturated rings. The van der Waals surface area contributed by atoms with E-state index in [2.05, 4.69) is 111 Å². The largest absolute Gasteiger partial charge is 0.477 e. The number of esters is 2. The van der Waals surface area contributed by atoms with Gasteiger partial charge in [0.05, 0.1) is 34.4 Å². The average Bonchev–Trinajstić information content (AvgIpc) is 3.49. The van der Waals surface area contributed by atoms with Gasteiger partial charge in [-0.15, -0.1) is 0 Å². The summed E-state index contributed by atoms with van der Waals surface area (Å²) in [4.78, 5) is 37.6. The summed E-state index contributed by atoms with van der Waals surface area (Å²) in [7, 11) is 5.98. The highest BCUT2D eigenvalue weighted by Crippen LogP contribution is 2.18. The smallest absolute Gasteiger partial charge is 0.361 e. The van der Waals surface area contributed by atoms with Crippen molar-refractivity contribution in [1.82, 2.24) is 0 Å². The zero-order valence-electron chi connectivity index (χ0n) is 56.0. The fourth-order valence-corrected chi connectivity index (χ4v) is 10.00. The summed E-state index contributed by atoms with van der Waals surface area (Å²) in [6.07, 6.45) is 88.2. The number of rotatable bonds is 65. The summed E-state index contributed by atoms with van der Waals surface area (Å²) >= 11 is 0. The molecule has 9 heteroatoms. The van der Waals surface area contributed by atoms with Crippen molar-refractivity contribution in [3.63, 3.8) is 0 Å². The van der Waals surface area contributed by atoms with E-state index < -0.39 is 24.3 Å². The number of carbonyl (C=O) groups is 3. The number of hydrogen-bond donors (Lipinski definition) is 1. The van der Waals surface area contributed by atoms with Crippen LogP contribution in [0.4, 0.5) is 0 Å². The first-order chi connectivity index (χ1) is 41.6. The van der Waals surface area contributed by atoms with Gasteiger partial charge in [-0.05, 0) is 89.9 Å². The van der Waals surface area contributed by atoms with Gasteiger partial charge in [0.1, 0.15) is 13.2 Å². The zero-order valence-corrected chi connectivity index (χ0v) is 56.0. The number of hydrogen-bond acceptors (Lipinski definition) is 7. The molecule has 0 aromatic heterocycles. The molecule has 0 rings (SSSR count). The molecular weight excluding hydrogens is 1050 g/mol. The highest BCUT2D eigenvalue weighted by Gasteiger charge is 2.25. The number of likely N-dealkylation sites (N-methyl/N-ethyl adjacent to an activating group) is 1. The Bertz CT molecular complexity index is 1720. The molecule has 0 amide bonds. The molecule has 85 heavy (non-hydrogen) atoms. The van der Waals surface area contributed by atoms with E-state index in [-0.39, 0.29) is 32.2 Å². The minimum atomic E-state index is -1.52. The fraction of sp³-hybridized carbons (Fsp3) is 0.750. The second-order valence-corrected chi connectivity index (χ2v) is 24.8. The number of quaternary nitrogens is 1. The molecule has 0 radical (unpaired) electrons. The number of unbranched alkanes of at least 4 members (excludes halogenated alkanes) is 34. The van der Waals surface area contributed by atoms with E-state index in [4.69, 9.17) is 18.9 Å². The molecule has 9 nitrogen and oxygen atoms in total. The number of nitrogens with zero attached hydrogens (tertiary/aromatic N) is 1. The SMILES string of the molecule is CC/C=C\C/C=C\C/C=C\C/C=C\CCCCCCCCCCCCCCCCCCCCCCCCCCCCC(=O)OC(COC(=O)CCCCCCCCCC/C=C\C/C=C\C/C=C\C/C=C\CC)COC(OCC[N+](C)(C)C)C(=O)O. The van der Waals surface area contributed by atoms with Crippen LogP contribution in [0.25, 0.3) is 0 Å². The first kappa shape index (κ1) is 81.2. The third-order valence-corrected chi connectivity index (χ3v) is 15.3. The van der Waals surface area contributed by atoms with E-state index in [0.29, 0.717) is 17.4 Å². The third kappa shape index (κ3) is 67.6. The van der Waals surface area contributed by atoms with E-state index in [1.54, 1.807) is 0 Å². The van der Waals surface area contributed by atoms with Gasteiger partial charge < -0.3 is 28.5 Å². The molecule has 0 aromatic rings. The zero-order chi connectivity index (χ0) is 61.9. The number of aliphatic carboxylic acids is 1. The number of carbonyl (C=O) groups excluding carboxylic acids is 2. The molecule has 0 saturated heterocycles. The maximum Gasteiger partial charge on any atom is 0.361 e. The quantitative estimate of drug-likeness (QED) is 0.0211. The highest BCUT2D eigenvalue weighted by atomic mass is 16.7. The Morgan fingerprint density at radius 2 is 0.635 bits per heavy atom. The fourth-order valence-electron chi connectivity index (χ4n) is 10.00. The van der Waals surface area contributed by atoms with E-state index >= 15 is 0 Å². The summed E-state index contributed by atoms with van der Waals surface area (Å²) < 4.78 is 23.0. The van der Waals surface area contributed by atoms with Gasteiger partial charge in [0.15, 0.2) is 6.10 Å². The lowest BCUT2D eigenvalue weighted by Gasteiger charge is -2.25. The van der Waals surface area contributed by atoms with Crippen LogP contribution in [0, 0.1) is 0 Å². The van der Waals surface area contributed by atoms with Crippen molar-refractivity contribution < 1.29 is 42.9 Å². The predicted octanol–water partition coefficient (Wildman–Crippen LogP) is 22.0. The van der Waals surface area contributed by atoms with Crippen LogP contribution in [-0.4, -0.2) is 87.4 Å². The maximum atomic E-state index is 12.9. The van der Waals surface area contributed by atoms with Gasteiger partial charge in [0.25, 0.3) is 6.29 Å². The van der Waals surface area contributed by atoms with Crippen LogP contribution in [-0.2, 0) is 33.3 Å². The van der Waals surface area contributed by atoms with Crippen LogP contribution < -0.4 is 0 Å². The van der Waals surface area contributed by atoms with Crippen LogP contribution >= 0.6 is 0 Å². The van der Waals surface area contributed by atoms with Gasteiger partial charge in [0.2, 0.25) is 0 Å². The number of allylic oxidation sites excluding steroid dienone is 16. The van der Waals surface area contributed by atoms with Gasteiger partial charge in [-0.1, -0.05) is 304 Å². The summed E-state index contributed by atoms with van der Waals surface area (Å²) in [5.41, 5.74) is 0. The lowest BCUT2D eigenvalue weighted by Crippen LogP contribution is -2.40. The minimum Gasteiger partial charge on any atom is -0.477 e. The van der Waals surface area contributed by atoms with Crippen LogP contribution in [0.15, 0.2) is 97.2 Å². The first-order valence-electron chi connectivity index (χ1n) is 35.4. The molecule has 0 spiro atoms. The molecule has 490 valence electrons. The van der Waals surface area contributed by atoms with Gasteiger partial charge in [-0.25, -0.2) is 4.79 Å². The van der Waals surface area contributed by atoms with Crippen molar-refractivity contribution in [3.05, 3.63) is 97.2 Å². The molecule has 0 aliphatic rings. The Morgan fingerprint density at radius 1 is 0.353 bits per heavy atom. The van der Waals surface area contributed by atoms with E-state index in [9.17, 15) is 19.5 Å². The van der Waals surface area contributed by atoms with Crippen LogP contribution in [0.1, 0.15) is 309 Å². The molecule has 0 aliphatic heterocycles. The van der Waals surface area contributed by atoms with Gasteiger partial charge in [-0.2, -0.15) is 0 Å². The lowest BCUT2D eigenvalue weighted by molar-refractivity contribution is -0.870. The van der Waals surface area contributed by atoms with Crippen molar-refractivity contribution in [3.8, 4) is 0 Å². The molecule has 2 atom stereocenters. The molecule has 0 aliphatic carbocycles. The van der Waals surface area contributed by atoms with Gasteiger partial charge in [-0.3, -0.25) is 9.59 Å². The molecule has 0 heterocycles. The van der Waals surface area contributed by atoms with Crippen molar-refractivity contribution in [2.45, 2.75) is 322 Å². The Kier molecular flexibility index (Phi) is 63.2. The summed E-state index contributed by atoms with van der Waals surface area (Å²) in [5, 5.41) is 9.74. The number of ether oxygens (including phenoxy) is 4. The van der Waals surface area contributed by atoms with Crippen molar-refractivity contribution >= 4 is 17.9 Å². The normalized spacial score (nSPS) is 13.3. The molecule has 0 bridgehead atoms. The minimum absolute atomic E-state index is 0.185. The molecule has 0 aromatic carbocycles. The Balaban J connectivity index is 4.01. The lowest BCUT2D eigenvalue weighted by atomic mass is 10.0. The number of carboxylic acids is 1. The second kappa shape index (κ2) is 66.2. The molecule has 2 unspecified atom stereocenters. The van der Waals surface area contributed by atoms with Gasteiger partial charge in [0, 0.05) is 12.8 Å². The Labute approximate surface area is 524 Å². The molecule has 0 saturated carbocycles. The Morgan fingerprint density at radius 3 is 0.941 bits per heavy atom. The monoisotopic (exact) mass is 1190 g/mol. The third-order valence-electron chi connectivity index (χ3n) is 15.3. The summed E-state index contributed by atoms with van der Waals surface area (Å²) in [6, 6.07) is 0. The van der Waals surface area contributed by atoms with E-state index in [0.717, 1.165) is 103 Å². The van der Waals surface area contributed by atoms with Crippen LogP contribution in [0.2, 0.25) is 0 Å². The average molecular weight is 1190 g/mol. The van der Waals surface area contributed by atoms with Crippen LogP contribution in [0.3, 0.4) is 0 Å². The van der Waals surface area contributed by atoms with E-state index in [1.807, 2.05) is 21.1 Å². The maximum absolute atomic E-state index is 12.9. The van der Waals surface area contributed by atoms with Crippen LogP contribution in [0.5, 0.6) is 0 Å². The first-order valence-corrected chi connectivity index (χ1v) is 35.4. The van der Waals surface area contributed by atoms with Crippen molar-refractivity contribution in [2.24, 2.45) is 0 Å². The van der Waals surface area contributed by atoms with Crippen molar-refractivity contribution in [1.29, 1.82) is 0 Å². The molecular formula is C76H134NO8+. The predicted molar refractivity (Wildman–Crippen MR) is 364 cm³/mol.